The van der Waals surface area contributed by atoms with Crippen molar-refractivity contribution in [1.29, 1.82) is 0 Å². The summed E-state index contributed by atoms with van der Waals surface area (Å²) in [6.45, 7) is 2.14. The number of halogens is 4. The number of hydrogen-bond acceptors (Lipinski definition) is 4. The van der Waals surface area contributed by atoms with Gasteiger partial charge in [-0.15, -0.1) is 0 Å². The topological polar surface area (TPSA) is 60.4 Å². The summed E-state index contributed by atoms with van der Waals surface area (Å²) < 4.78 is 24.9. The smallest absolute Gasteiger partial charge is 0.339 e. The van der Waals surface area contributed by atoms with Crippen molar-refractivity contribution in [3.05, 3.63) is 12.7 Å². The van der Waals surface area contributed by atoms with Crippen LogP contribution < -0.4 is 0 Å². The molecule has 1 atom stereocenters. The lowest BCUT2D eigenvalue weighted by atomic mass is 10.6. The number of ether oxygens (including phenoxy) is 1. The molecule has 4 nitrogen and oxygen atoms in total. The van der Waals surface area contributed by atoms with Gasteiger partial charge in [-0.3, -0.25) is 4.57 Å². The van der Waals surface area contributed by atoms with E-state index in [0.717, 1.165) is 6.08 Å². The fraction of sp³-hybridized carbons (Fsp3) is 0.500. The molecule has 0 spiro atoms. The Labute approximate surface area is 113 Å². The van der Waals surface area contributed by atoms with Crippen LogP contribution in [0.5, 0.6) is 0 Å². The molecule has 0 aromatic rings. The second-order valence-electron chi connectivity index (χ2n) is 2.48. The van der Waals surface area contributed by atoms with Crippen molar-refractivity contribution in [2.45, 2.75) is 0 Å². The Morgan fingerprint density at radius 2 is 1.69 bits per heavy atom. The van der Waals surface area contributed by atoms with Gasteiger partial charge < -0.3 is 9.30 Å². The van der Waals surface area contributed by atoms with Crippen LogP contribution >= 0.6 is 56.7 Å². The normalized spacial score (nSPS) is 14.1. The maximum absolute atomic E-state index is 10.8. The lowest BCUT2D eigenvalue weighted by Gasteiger charge is -2.03. The molecule has 0 N–H and O–H groups in total. The summed E-state index contributed by atoms with van der Waals surface area (Å²) in [5.74, 6) is -0.518. The highest BCUT2D eigenvalue weighted by Gasteiger charge is 2.10. The lowest BCUT2D eigenvalue weighted by Crippen LogP contribution is -2.04. The fourth-order valence-electron chi connectivity index (χ4n) is 0.368. The van der Waals surface area contributed by atoms with Gasteiger partial charge in [0.1, 0.15) is 0 Å². The van der Waals surface area contributed by atoms with Gasteiger partial charge in [0.15, 0.2) is 6.49 Å². The Morgan fingerprint density at radius 1 is 1.31 bits per heavy atom. The van der Waals surface area contributed by atoms with Crippen molar-refractivity contribution in [1.82, 2.24) is 0 Å². The van der Waals surface area contributed by atoms with Crippen LogP contribution in [0.2, 0.25) is 0 Å². The second kappa shape index (κ2) is 8.85. The average Bonchev–Trinajstić information content (AvgIpc) is 1.98. The second-order valence-corrected chi connectivity index (χ2v) is 13.7. The molecule has 0 saturated heterocycles. The van der Waals surface area contributed by atoms with E-state index >= 15 is 0 Å². The number of esters is 1. The highest BCUT2D eigenvalue weighted by Crippen LogP contribution is 2.61. The summed E-state index contributed by atoms with van der Waals surface area (Å²) >= 11 is 19.2. The molecule has 96 valence electrons. The monoisotopic (exact) mass is 348 g/mol. The molecular weight excluding hydrogens is 340 g/mol. The molecule has 0 amide bonds. The number of rotatable bonds is 4. The zero-order valence-corrected chi connectivity index (χ0v) is 13.1. The van der Waals surface area contributed by atoms with Crippen LogP contribution in [0.3, 0.4) is 0 Å². The molecule has 16 heavy (non-hydrogen) atoms. The SMILES string of the molecule is C=CC(=O)OCCP(C)(=O)Cl.O=P(Cl)(Cl)Cl. The molecule has 0 heterocycles. The lowest BCUT2D eigenvalue weighted by molar-refractivity contribution is -0.137. The van der Waals surface area contributed by atoms with Crippen molar-refractivity contribution >= 4 is 62.6 Å². The summed E-state index contributed by atoms with van der Waals surface area (Å²) in [4.78, 5) is 10.4. The van der Waals surface area contributed by atoms with Crippen LogP contribution in [0.4, 0.5) is 0 Å². The summed E-state index contributed by atoms with van der Waals surface area (Å²) in [6, 6.07) is 0. The highest BCUT2D eigenvalue weighted by molar-refractivity contribution is 8.24. The highest BCUT2D eigenvalue weighted by atomic mass is 36.0. The van der Waals surface area contributed by atoms with Gasteiger partial charge in [-0.1, -0.05) is 17.8 Å². The summed E-state index contributed by atoms with van der Waals surface area (Å²) in [7, 11) is 0. The molecule has 0 saturated carbocycles. The van der Waals surface area contributed by atoms with E-state index in [1.807, 2.05) is 0 Å². The third kappa shape index (κ3) is 29.4. The molecule has 0 aromatic carbocycles. The zero-order chi connectivity index (χ0) is 13.4. The Morgan fingerprint density at radius 3 is 1.94 bits per heavy atom. The van der Waals surface area contributed by atoms with Crippen LogP contribution in [0.25, 0.3) is 0 Å². The predicted molar refractivity (Wildman–Crippen MR) is 70.6 cm³/mol. The molecular formula is C6H10Cl4O4P2. The van der Waals surface area contributed by atoms with Crippen LogP contribution in [0, 0.1) is 0 Å². The van der Waals surface area contributed by atoms with Gasteiger partial charge in [0, 0.05) is 18.9 Å². The van der Waals surface area contributed by atoms with E-state index in [0.29, 0.717) is 0 Å². The Balaban J connectivity index is 0. The number of carbonyl (C=O) groups excluding carboxylic acids is 1. The molecule has 0 aromatic heterocycles. The first kappa shape index (κ1) is 19.2. The van der Waals surface area contributed by atoms with Crippen LogP contribution in [0.15, 0.2) is 12.7 Å². The molecule has 0 radical (unpaired) electrons. The van der Waals surface area contributed by atoms with E-state index in [1.165, 1.54) is 6.66 Å². The average molecular weight is 350 g/mol. The van der Waals surface area contributed by atoms with Gasteiger partial charge in [-0.2, -0.15) is 0 Å². The van der Waals surface area contributed by atoms with Gasteiger partial charge in [-0.25, -0.2) is 4.79 Å². The molecule has 0 aliphatic carbocycles. The maximum atomic E-state index is 10.8. The Kier molecular flexibility index (Phi) is 10.6. The third-order valence-electron chi connectivity index (χ3n) is 0.902. The van der Waals surface area contributed by atoms with Crippen LogP contribution in [-0.4, -0.2) is 25.4 Å². The van der Waals surface area contributed by atoms with E-state index < -0.39 is 17.7 Å². The van der Waals surface area contributed by atoms with Crippen molar-refractivity contribution in [3.63, 3.8) is 0 Å². The molecule has 0 rings (SSSR count). The van der Waals surface area contributed by atoms with Crippen molar-refractivity contribution < 1.29 is 18.7 Å². The first-order chi connectivity index (χ1) is 6.95. The van der Waals surface area contributed by atoms with E-state index in [1.54, 1.807) is 0 Å². The Bertz CT molecular complexity index is 312. The van der Waals surface area contributed by atoms with Crippen LogP contribution in [0.1, 0.15) is 0 Å². The minimum Gasteiger partial charge on any atom is -0.462 e. The van der Waals surface area contributed by atoms with E-state index in [-0.39, 0.29) is 12.8 Å². The van der Waals surface area contributed by atoms with Crippen LogP contribution in [-0.2, 0) is 18.7 Å². The molecule has 0 aliphatic rings. The van der Waals surface area contributed by atoms with Gasteiger partial charge >= 0.3 is 11.2 Å². The van der Waals surface area contributed by atoms with Crippen molar-refractivity contribution in [2.75, 3.05) is 19.4 Å². The van der Waals surface area contributed by atoms with E-state index in [2.05, 4.69) is 45.0 Å². The minimum absolute atomic E-state index is 0.0854. The van der Waals surface area contributed by atoms with Crippen molar-refractivity contribution in [3.8, 4) is 0 Å². The van der Waals surface area contributed by atoms with Gasteiger partial charge in [0.05, 0.1) is 6.61 Å². The third-order valence-corrected chi connectivity index (χ3v) is 2.39. The van der Waals surface area contributed by atoms with Gasteiger partial charge in [0.2, 0.25) is 0 Å². The van der Waals surface area contributed by atoms with Gasteiger partial charge in [-0.05, 0) is 33.7 Å². The number of hydrogen-bond donors (Lipinski definition) is 0. The minimum atomic E-state index is -3.22. The summed E-state index contributed by atoms with van der Waals surface area (Å²) in [6.07, 6.45) is 1.25. The largest absolute Gasteiger partial charge is 0.462 e. The first-order valence-electron chi connectivity index (χ1n) is 3.70. The molecule has 10 heteroatoms. The van der Waals surface area contributed by atoms with Gasteiger partial charge in [0.25, 0.3) is 0 Å². The van der Waals surface area contributed by atoms with Crippen molar-refractivity contribution in [2.24, 2.45) is 0 Å². The standard InChI is InChI=1S/C6H10ClO3P.Cl3OP/c1-3-6(8)10-4-5-11(2,7)9;1-5(2,3)4/h3H,1,4-5H2,2H3;. The maximum Gasteiger partial charge on any atom is 0.339 e. The number of carbonyl (C=O) groups is 1. The zero-order valence-electron chi connectivity index (χ0n) is 8.24. The summed E-state index contributed by atoms with van der Waals surface area (Å²) in [5.41, 5.74) is 0. The Hall–Kier alpha value is 0.830. The molecule has 1 unspecified atom stereocenters. The molecule has 0 aliphatic heterocycles. The molecule has 0 bridgehead atoms. The first-order valence-corrected chi connectivity index (χ1v) is 11.4. The predicted octanol–water partition coefficient (Wildman–Crippen LogP) is 4.67. The molecule has 0 fully saturated rings. The quantitative estimate of drug-likeness (QED) is 0.420. The van der Waals surface area contributed by atoms with E-state index in [9.17, 15) is 13.9 Å². The fourth-order valence-corrected chi connectivity index (χ4v) is 0.993. The summed E-state index contributed by atoms with van der Waals surface area (Å²) in [5, 5.41) is -3.22. The van der Waals surface area contributed by atoms with E-state index in [4.69, 9.17) is 11.2 Å².